The van der Waals surface area contributed by atoms with Crippen LogP contribution in [0, 0.1) is 0 Å². The topological polar surface area (TPSA) is 19.4 Å². The lowest BCUT2D eigenvalue weighted by atomic mass is 9.78. The molecule has 0 atom stereocenters. The van der Waals surface area contributed by atoms with Gasteiger partial charge in [-0.05, 0) is 274 Å². The summed E-state index contributed by atoms with van der Waals surface area (Å²) < 4.78 is 0. The van der Waals surface area contributed by atoms with Crippen molar-refractivity contribution in [3.05, 3.63) is 473 Å². The fourth-order valence-electron chi connectivity index (χ4n) is 15.7. The van der Waals surface area contributed by atoms with Crippen molar-refractivity contribution in [3.8, 4) is 44.5 Å². The molecular formula is C106H78N6. The van der Waals surface area contributed by atoms with Crippen molar-refractivity contribution in [1.82, 2.24) is 0 Å². The number of hydrogen-bond donors (Lipinski definition) is 0. The summed E-state index contributed by atoms with van der Waals surface area (Å²) in [5, 5.41) is 2.24. The Balaban J connectivity index is 0.832. The fourth-order valence-corrected chi connectivity index (χ4v) is 15.7. The van der Waals surface area contributed by atoms with Crippen molar-refractivity contribution in [2.75, 3.05) is 29.4 Å². The third kappa shape index (κ3) is 14.1. The number of benzene rings is 18. The lowest BCUT2D eigenvalue weighted by molar-refractivity contribution is 1.25. The second kappa shape index (κ2) is 31.8. The van der Waals surface area contributed by atoms with E-state index < -0.39 is 0 Å². The maximum atomic E-state index is 2.44. The van der Waals surface area contributed by atoms with Crippen LogP contribution in [0.4, 0.5) is 102 Å². The van der Waals surface area contributed by atoms with E-state index in [1.807, 2.05) is 0 Å². The largest absolute Gasteiger partial charge is 0.311 e. The van der Waals surface area contributed by atoms with Gasteiger partial charge in [0.05, 0.1) is 0 Å². The monoisotopic (exact) mass is 1430 g/mol. The van der Waals surface area contributed by atoms with Crippen LogP contribution in [-0.2, 0) is 0 Å². The van der Waals surface area contributed by atoms with Crippen molar-refractivity contribution in [2.24, 2.45) is 0 Å². The molecule has 0 unspecified atom stereocenters. The quantitative estimate of drug-likeness (QED) is 0.0669. The van der Waals surface area contributed by atoms with Crippen LogP contribution in [-0.4, -0.2) is 0 Å². The minimum atomic E-state index is 1.02. The standard InChI is InChI=1S/C106H78N6/c1-12-34-79(35-13-1)103-101-77-76-100(112(91-54-32-11-33-55-91)99-74-72-96(73-75-99)109(87-46-24-7-25-47-87)88-48-26-8-27-49-88)78-102(101)104(80-36-14-2-15-37-80)106(82-58-62-93(63-59-82)111(90-52-30-10-31-53-90)98-70-66-95(67-71-98)108(85-42-20-5-21-43-85)86-44-22-6-23-45-86)105(103)81-56-60-92(61-57-81)110(89-50-28-9-29-51-89)97-68-64-94(65-69-97)107(83-38-16-3-17-39-83)84-40-18-4-19-41-84/h1-78H. The molecular weight excluding hydrogens is 1360 g/mol. The summed E-state index contributed by atoms with van der Waals surface area (Å²) in [6.07, 6.45) is 0. The molecule has 0 saturated carbocycles. The first kappa shape index (κ1) is 68.8. The van der Waals surface area contributed by atoms with Gasteiger partial charge in [-0.2, -0.15) is 0 Å². The van der Waals surface area contributed by atoms with Gasteiger partial charge >= 0.3 is 0 Å². The lowest BCUT2D eigenvalue weighted by Gasteiger charge is -2.30. The minimum Gasteiger partial charge on any atom is -0.311 e. The normalized spacial score (nSPS) is 11.0. The van der Waals surface area contributed by atoms with E-state index in [0.29, 0.717) is 0 Å². The molecule has 0 aliphatic heterocycles. The molecule has 0 heterocycles. The summed E-state index contributed by atoms with van der Waals surface area (Å²) in [5.74, 6) is 0. The van der Waals surface area contributed by atoms with Crippen LogP contribution in [0.15, 0.2) is 473 Å². The fraction of sp³-hybridized carbons (Fsp3) is 0. The summed E-state index contributed by atoms with van der Waals surface area (Å²) in [5.41, 5.74) is 27.8. The molecule has 6 heteroatoms. The van der Waals surface area contributed by atoms with Gasteiger partial charge in [-0.1, -0.05) is 255 Å². The Kier molecular flexibility index (Phi) is 19.6. The van der Waals surface area contributed by atoms with Crippen LogP contribution >= 0.6 is 0 Å². The molecule has 0 spiro atoms. The van der Waals surface area contributed by atoms with Crippen LogP contribution in [0.2, 0.25) is 0 Å². The van der Waals surface area contributed by atoms with E-state index in [9.17, 15) is 0 Å². The number of fused-ring (bicyclic) bond motifs is 1. The zero-order chi connectivity index (χ0) is 74.8. The van der Waals surface area contributed by atoms with Gasteiger partial charge in [0.15, 0.2) is 0 Å². The van der Waals surface area contributed by atoms with E-state index in [1.165, 1.54) is 0 Å². The van der Waals surface area contributed by atoms with Gasteiger partial charge in [0.2, 0.25) is 0 Å². The number of para-hydroxylation sites is 9. The number of anilines is 18. The van der Waals surface area contributed by atoms with Gasteiger partial charge < -0.3 is 29.4 Å². The molecule has 0 N–H and O–H groups in total. The van der Waals surface area contributed by atoms with E-state index in [2.05, 4.69) is 503 Å². The highest BCUT2D eigenvalue weighted by Crippen LogP contribution is 2.54. The van der Waals surface area contributed by atoms with Crippen molar-refractivity contribution < 1.29 is 0 Å². The molecule has 18 aromatic rings. The molecule has 112 heavy (non-hydrogen) atoms. The van der Waals surface area contributed by atoms with Crippen LogP contribution < -0.4 is 29.4 Å². The highest BCUT2D eigenvalue weighted by Gasteiger charge is 2.28. The van der Waals surface area contributed by atoms with Gasteiger partial charge in [-0.25, -0.2) is 0 Å². The van der Waals surface area contributed by atoms with Crippen LogP contribution in [0.5, 0.6) is 0 Å². The van der Waals surface area contributed by atoms with Crippen LogP contribution in [0.25, 0.3) is 55.3 Å². The Morgan fingerprint density at radius 1 is 0.0982 bits per heavy atom. The van der Waals surface area contributed by atoms with Gasteiger partial charge in [0.25, 0.3) is 0 Å². The summed E-state index contributed by atoms with van der Waals surface area (Å²) >= 11 is 0. The predicted octanol–water partition coefficient (Wildman–Crippen LogP) is 30.3. The number of rotatable bonds is 22. The number of hydrogen-bond acceptors (Lipinski definition) is 6. The molecule has 532 valence electrons. The van der Waals surface area contributed by atoms with Gasteiger partial charge in [-0.15, -0.1) is 0 Å². The van der Waals surface area contributed by atoms with Crippen molar-refractivity contribution in [1.29, 1.82) is 0 Å². The highest BCUT2D eigenvalue weighted by atomic mass is 15.2. The SMILES string of the molecule is c1ccc(-c2c(-c3ccc(N(c4ccccc4)c4ccc(N(c5ccccc5)c5ccccc5)cc4)cc3)c(-c3ccc(N(c4ccccc4)c4ccc(N(c5ccccc5)c5ccccc5)cc4)cc3)c(-c3ccccc3)c3cc(N(c4ccccc4)c4ccc(N(c5ccccc5)c5ccccc5)cc4)ccc23)cc1. The molecule has 0 bridgehead atoms. The second-order valence-electron chi connectivity index (χ2n) is 27.6. The zero-order valence-corrected chi connectivity index (χ0v) is 61.7. The maximum Gasteiger partial charge on any atom is 0.0468 e. The maximum absolute atomic E-state index is 2.44. The van der Waals surface area contributed by atoms with Gasteiger partial charge in [-0.3, -0.25) is 0 Å². The van der Waals surface area contributed by atoms with Crippen molar-refractivity contribution >= 4 is 113 Å². The van der Waals surface area contributed by atoms with Gasteiger partial charge in [0, 0.05) is 102 Å². The third-order valence-electron chi connectivity index (χ3n) is 20.7. The van der Waals surface area contributed by atoms with E-state index >= 15 is 0 Å². The van der Waals surface area contributed by atoms with Crippen molar-refractivity contribution in [2.45, 2.75) is 0 Å². The summed E-state index contributed by atoms with van der Waals surface area (Å²) in [6.45, 7) is 0. The Hall–Kier alpha value is -15.0. The predicted molar refractivity (Wildman–Crippen MR) is 474 cm³/mol. The van der Waals surface area contributed by atoms with E-state index in [-0.39, 0.29) is 0 Å². The molecule has 0 aliphatic carbocycles. The summed E-state index contributed by atoms with van der Waals surface area (Å²) in [6, 6.07) is 171. The molecule has 0 aliphatic rings. The molecule has 18 rings (SSSR count). The smallest absolute Gasteiger partial charge is 0.0468 e. The third-order valence-corrected chi connectivity index (χ3v) is 20.7. The van der Waals surface area contributed by atoms with E-state index in [4.69, 9.17) is 0 Å². The number of nitrogens with zero attached hydrogens (tertiary/aromatic N) is 6. The lowest BCUT2D eigenvalue weighted by Crippen LogP contribution is -2.12. The van der Waals surface area contributed by atoms with Gasteiger partial charge in [0.1, 0.15) is 0 Å². The molecule has 0 aromatic heterocycles. The average Bonchev–Trinajstić information content (AvgIpc) is 0.717. The molecule has 18 aromatic carbocycles. The highest BCUT2D eigenvalue weighted by molar-refractivity contribution is 6.19. The Morgan fingerprint density at radius 2 is 0.241 bits per heavy atom. The Labute approximate surface area is 656 Å². The zero-order valence-electron chi connectivity index (χ0n) is 61.7. The van der Waals surface area contributed by atoms with E-state index in [0.717, 1.165) is 158 Å². The summed E-state index contributed by atoms with van der Waals surface area (Å²) in [4.78, 5) is 14.1. The first-order valence-electron chi connectivity index (χ1n) is 38.1. The minimum absolute atomic E-state index is 1.02. The molecule has 0 fully saturated rings. The molecule has 0 amide bonds. The summed E-state index contributed by atoms with van der Waals surface area (Å²) in [7, 11) is 0. The molecule has 0 radical (unpaired) electrons. The van der Waals surface area contributed by atoms with Crippen LogP contribution in [0.1, 0.15) is 0 Å². The first-order valence-corrected chi connectivity index (χ1v) is 38.1. The molecule has 6 nitrogen and oxygen atoms in total. The second-order valence-corrected chi connectivity index (χ2v) is 27.6. The Morgan fingerprint density at radius 3 is 0.446 bits per heavy atom. The Bertz CT molecular complexity index is 5980. The first-order chi connectivity index (χ1) is 55.6. The van der Waals surface area contributed by atoms with Crippen LogP contribution in [0.3, 0.4) is 0 Å². The average molecular weight is 1440 g/mol. The van der Waals surface area contributed by atoms with E-state index in [1.54, 1.807) is 0 Å². The molecule has 0 saturated heterocycles. The van der Waals surface area contributed by atoms with Crippen molar-refractivity contribution in [3.63, 3.8) is 0 Å².